The van der Waals surface area contributed by atoms with E-state index in [2.05, 4.69) is 86.1 Å². The van der Waals surface area contributed by atoms with Crippen molar-refractivity contribution >= 4 is 46.4 Å². The van der Waals surface area contributed by atoms with Crippen LogP contribution in [-0.4, -0.2) is 142 Å². The van der Waals surface area contributed by atoms with Gasteiger partial charge in [0.05, 0.1) is 41.4 Å². The standard InChI is InChI=1S/C51H73N9O6S/c1-12-59-42-17-16-35-25-38(42)39(46(59)37-15-13-21-52-44(37)34(6)65-11)27-50(7,8)30-66-31-51(29-61)20-14-22-60(55-51)48(63)40(26-43-53-41(35)28-67-43)54-47(62)45(32(2)3)57(10)49(64)58-23-18-36(19-24-58)56(9)33(4)5/h13,15-17,21,25,28-29,32-34,36,40,45,55H,12,14,18-20,22-24,26-27,30-31H2,1-11H3,(H,54,62)/t34-,40-,45-,51?/m0/s1. The van der Waals surface area contributed by atoms with Gasteiger partial charge in [0.1, 0.15) is 23.9 Å². The van der Waals surface area contributed by atoms with E-state index in [-0.39, 0.29) is 37.0 Å². The Balaban J connectivity index is 1.25. The number of aryl methyl sites for hydroxylation is 1. The van der Waals surface area contributed by atoms with E-state index in [0.717, 1.165) is 70.3 Å². The summed E-state index contributed by atoms with van der Waals surface area (Å²) in [5.74, 6) is -1.07. The number of likely N-dealkylation sites (N-methyl/N-ethyl adjacent to an activating group) is 1. The number of aromatic nitrogens is 3. The number of pyridine rings is 1. The molecule has 1 unspecified atom stereocenters. The lowest BCUT2D eigenvalue weighted by Gasteiger charge is -2.42. The highest BCUT2D eigenvalue weighted by atomic mass is 32.1. The van der Waals surface area contributed by atoms with E-state index < -0.39 is 28.9 Å². The molecule has 364 valence electrons. The first-order valence-corrected chi connectivity index (χ1v) is 25.0. The Hall–Kier alpha value is -4.74. The average molecular weight is 940 g/mol. The molecule has 3 aliphatic heterocycles. The lowest BCUT2D eigenvalue weighted by Crippen LogP contribution is -2.66. The van der Waals surface area contributed by atoms with Crippen molar-refractivity contribution in [1.29, 1.82) is 0 Å². The number of piperidine rings is 1. The van der Waals surface area contributed by atoms with Gasteiger partial charge in [-0.3, -0.25) is 19.6 Å². The SMILES string of the molecule is CCn1c(-c2cccnc2[C@H](C)OC)c2c3cc(ccc31)-c1csc(n1)C[C@H](NC(=O)[C@H](C(C)C)N(C)C(=O)N1CCC(N(C)C(C)C)CC1)C(=O)N1CCCC(C=O)(COCC(C)(C)C2)N1. The summed E-state index contributed by atoms with van der Waals surface area (Å²) < 4.78 is 14.7. The number of nitrogens with zero attached hydrogens (tertiary/aromatic N) is 7. The predicted molar refractivity (Wildman–Crippen MR) is 263 cm³/mol. The highest BCUT2D eigenvalue weighted by Gasteiger charge is 2.42. The predicted octanol–water partition coefficient (Wildman–Crippen LogP) is 7.13. The van der Waals surface area contributed by atoms with Crippen molar-refractivity contribution in [2.45, 2.75) is 136 Å². The number of urea groups is 1. The number of thiazole rings is 1. The number of ether oxygens (including phenoxy) is 2. The molecule has 4 aromatic rings. The fourth-order valence-electron chi connectivity index (χ4n) is 10.3. The van der Waals surface area contributed by atoms with Gasteiger partial charge in [0.25, 0.3) is 5.91 Å². The third kappa shape index (κ3) is 10.6. The van der Waals surface area contributed by atoms with Crippen LogP contribution < -0.4 is 10.7 Å². The average Bonchev–Trinajstić information content (AvgIpc) is 3.91. The minimum atomic E-state index is -1.16. The molecular formula is C51H73N9O6S. The van der Waals surface area contributed by atoms with Crippen LogP contribution in [0.1, 0.15) is 103 Å². The second kappa shape index (κ2) is 20.9. The summed E-state index contributed by atoms with van der Waals surface area (Å²) in [6.45, 7) is 19.4. The van der Waals surface area contributed by atoms with E-state index in [0.29, 0.717) is 62.6 Å². The second-order valence-electron chi connectivity index (χ2n) is 20.4. The Morgan fingerprint density at radius 3 is 2.51 bits per heavy atom. The molecule has 2 fully saturated rings. The van der Waals surface area contributed by atoms with E-state index >= 15 is 0 Å². The van der Waals surface area contributed by atoms with Gasteiger partial charge in [-0.2, -0.15) is 0 Å². The van der Waals surface area contributed by atoms with Gasteiger partial charge in [-0.1, -0.05) is 33.8 Å². The summed E-state index contributed by atoms with van der Waals surface area (Å²) in [6.07, 6.45) is 5.93. The van der Waals surface area contributed by atoms with E-state index in [4.69, 9.17) is 19.4 Å². The number of rotatable bonds is 11. The molecule has 4 amide bonds. The molecule has 0 aliphatic carbocycles. The van der Waals surface area contributed by atoms with Crippen LogP contribution in [0.3, 0.4) is 0 Å². The number of carbonyl (C=O) groups is 4. The Morgan fingerprint density at radius 1 is 1.09 bits per heavy atom. The van der Waals surface area contributed by atoms with Gasteiger partial charge in [-0.05, 0) is 108 Å². The molecule has 16 heteroatoms. The third-order valence-electron chi connectivity index (χ3n) is 14.3. The van der Waals surface area contributed by atoms with E-state index in [1.807, 2.05) is 43.3 Å². The van der Waals surface area contributed by atoms with Crippen molar-refractivity contribution < 1.29 is 28.7 Å². The molecule has 3 aromatic heterocycles. The first-order valence-electron chi connectivity index (χ1n) is 24.2. The van der Waals surface area contributed by atoms with Crippen molar-refractivity contribution in [3.05, 3.63) is 58.2 Å². The molecule has 4 atom stereocenters. The highest BCUT2D eigenvalue weighted by Crippen LogP contribution is 2.42. The number of methoxy groups -OCH3 is 1. The molecule has 2 saturated heterocycles. The van der Waals surface area contributed by atoms with Gasteiger partial charge in [0, 0.05) is 92.4 Å². The molecule has 6 bridgehead atoms. The van der Waals surface area contributed by atoms with E-state index in [1.54, 1.807) is 14.2 Å². The monoisotopic (exact) mass is 940 g/mol. The maximum absolute atomic E-state index is 14.8. The zero-order valence-electron chi connectivity index (χ0n) is 41.6. The zero-order chi connectivity index (χ0) is 48.4. The second-order valence-corrected chi connectivity index (χ2v) is 21.3. The van der Waals surface area contributed by atoms with Crippen LogP contribution in [0.15, 0.2) is 41.9 Å². The summed E-state index contributed by atoms with van der Waals surface area (Å²) in [4.78, 5) is 72.2. The molecule has 0 spiro atoms. The van der Waals surface area contributed by atoms with Crippen LogP contribution in [-0.2, 0) is 43.2 Å². The number of fused-ring (bicyclic) bond motifs is 6. The number of hydrogen-bond acceptors (Lipinski definition) is 11. The van der Waals surface area contributed by atoms with E-state index in [1.165, 1.54) is 21.2 Å². The van der Waals surface area contributed by atoms with Crippen LogP contribution in [0.5, 0.6) is 0 Å². The minimum absolute atomic E-state index is 0.0513. The van der Waals surface area contributed by atoms with Crippen LogP contribution in [0.2, 0.25) is 0 Å². The number of hydrogen-bond donors (Lipinski definition) is 2. The van der Waals surface area contributed by atoms with Crippen molar-refractivity contribution in [3.8, 4) is 22.5 Å². The fourth-order valence-corrected chi connectivity index (χ4v) is 11.2. The normalized spacial score (nSPS) is 21.7. The first kappa shape index (κ1) is 50.1. The van der Waals surface area contributed by atoms with Crippen LogP contribution in [0.4, 0.5) is 4.79 Å². The van der Waals surface area contributed by atoms with Gasteiger partial charge >= 0.3 is 6.03 Å². The largest absolute Gasteiger partial charge is 0.378 e. The summed E-state index contributed by atoms with van der Waals surface area (Å²) in [7, 11) is 5.51. The van der Waals surface area contributed by atoms with Crippen LogP contribution >= 0.6 is 11.3 Å². The van der Waals surface area contributed by atoms with E-state index in [9.17, 15) is 19.2 Å². The highest BCUT2D eigenvalue weighted by molar-refractivity contribution is 7.10. The van der Waals surface area contributed by atoms with Gasteiger partial charge < -0.3 is 38.9 Å². The van der Waals surface area contributed by atoms with Crippen molar-refractivity contribution in [1.82, 2.24) is 45.0 Å². The smallest absolute Gasteiger partial charge is 0.320 e. The molecule has 6 heterocycles. The van der Waals surface area contributed by atoms with Crippen LogP contribution in [0.25, 0.3) is 33.4 Å². The van der Waals surface area contributed by atoms with Crippen molar-refractivity contribution in [2.24, 2.45) is 11.3 Å². The Labute approximate surface area is 400 Å². The molecule has 0 saturated carbocycles. The maximum atomic E-state index is 14.8. The lowest BCUT2D eigenvalue weighted by atomic mass is 9.84. The molecule has 0 radical (unpaired) electrons. The van der Waals surface area contributed by atoms with Gasteiger partial charge in [0.2, 0.25) is 5.91 Å². The Kier molecular flexibility index (Phi) is 15.6. The molecule has 3 aliphatic rings. The number of hydrazine groups is 1. The fraction of sp³-hybridized carbons (Fsp3) is 0.608. The number of likely N-dealkylation sites (tertiary alicyclic amines) is 1. The zero-order valence-corrected chi connectivity index (χ0v) is 42.4. The van der Waals surface area contributed by atoms with Gasteiger partial charge in [-0.25, -0.2) is 15.2 Å². The number of amides is 4. The molecule has 7 rings (SSSR count). The topological polar surface area (TPSA) is 154 Å². The van der Waals surface area contributed by atoms with Crippen molar-refractivity contribution in [2.75, 3.05) is 54.1 Å². The maximum Gasteiger partial charge on any atom is 0.320 e. The molecule has 1 aromatic carbocycles. The lowest BCUT2D eigenvalue weighted by molar-refractivity contribution is -0.147. The number of benzene rings is 1. The van der Waals surface area contributed by atoms with Crippen LogP contribution in [0, 0.1) is 11.3 Å². The summed E-state index contributed by atoms with van der Waals surface area (Å²) >= 11 is 1.44. The number of aldehydes is 1. The number of carbonyl (C=O) groups excluding carboxylic acids is 4. The summed E-state index contributed by atoms with van der Waals surface area (Å²) in [6, 6.07) is 9.26. The molecular weight excluding hydrogens is 867 g/mol. The Morgan fingerprint density at radius 2 is 1.84 bits per heavy atom. The minimum Gasteiger partial charge on any atom is -0.378 e. The molecule has 2 N–H and O–H groups in total. The summed E-state index contributed by atoms with van der Waals surface area (Å²) in [5, 5.41) is 8.33. The molecule has 67 heavy (non-hydrogen) atoms. The van der Waals surface area contributed by atoms with Gasteiger partial charge in [-0.15, -0.1) is 11.3 Å². The van der Waals surface area contributed by atoms with Crippen molar-refractivity contribution in [3.63, 3.8) is 0 Å². The summed E-state index contributed by atoms with van der Waals surface area (Å²) in [5.41, 5.74) is 8.61. The Bertz CT molecular complexity index is 2410. The first-order chi connectivity index (χ1) is 31.9. The third-order valence-corrected chi connectivity index (χ3v) is 15.1. The quantitative estimate of drug-likeness (QED) is 0.149. The number of nitrogens with one attached hydrogen (secondary N) is 2. The molecule has 15 nitrogen and oxygen atoms in total. The van der Waals surface area contributed by atoms with Gasteiger partial charge in [0.15, 0.2) is 0 Å².